The molecule has 0 aromatic heterocycles. The number of thioether (sulfide) groups is 1. The van der Waals surface area contributed by atoms with Crippen molar-refractivity contribution in [2.24, 2.45) is 0 Å². The molecule has 1 N–H and O–H groups in total. The number of fused-ring (bicyclic) bond motifs is 1. The molecule has 2 atom stereocenters. The van der Waals surface area contributed by atoms with Crippen LogP contribution in [0.4, 0.5) is 0 Å². The average Bonchev–Trinajstić information content (AvgIpc) is 2.79. The molecule has 2 unspecified atom stereocenters. The normalized spacial score (nSPS) is 21.6. The predicted molar refractivity (Wildman–Crippen MR) is 87.0 cm³/mol. The summed E-state index contributed by atoms with van der Waals surface area (Å²) in [5.74, 6) is 1.32. The lowest BCUT2D eigenvalue weighted by atomic mass is 10.1. The Morgan fingerprint density at radius 2 is 2.00 bits per heavy atom. The van der Waals surface area contributed by atoms with Crippen molar-refractivity contribution in [1.82, 2.24) is 5.32 Å². The van der Waals surface area contributed by atoms with Gasteiger partial charge in [-0.2, -0.15) is 11.8 Å². The molecule has 0 bridgehead atoms. The highest BCUT2D eigenvalue weighted by atomic mass is 32.2. The van der Waals surface area contributed by atoms with Crippen molar-refractivity contribution in [2.45, 2.75) is 57.2 Å². The molecule has 0 saturated heterocycles. The summed E-state index contributed by atoms with van der Waals surface area (Å²) in [5.41, 5.74) is 3.10. The number of nitrogens with one attached hydrogen (secondary N) is 1. The van der Waals surface area contributed by atoms with Crippen molar-refractivity contribution in [3.05, 3.63) is 35.4 Å². The molecule has 1 nitrogen and oxygen atoms in total. The zero-order valence-corrected chi connectivity index (χ0v) is 13.1. The molecule has 19 heavy (non-hydrogen) atoms. The average molecular weight is 277 g/mol. The van der Waals surface area contributed by atoms with Gasteiger partial charge in [-0.05, 0) is 42.7 Å². The van der Waals surface area contributed by atoms with Gasteiger partial charge in [-0.15, -0.1) is 0 Å². The van der Waals surface area contributed by atoms with Gasteiger partial charge < -0.3 is 5.32 Å². The van der Waals surface area contributed by atoms with Gasteiger partial charge in [-0.1, -0.05) is 51.0 Å². The van der Waals surface area contributed by atoms with Gasteiger partial charge in [0, 0.05) is 11.3 Å². The van der Waals surface area contributed by atoms with E-state index < -0.39 is 0 Å². The largest absolute Gasteiger partial charge is 0.309 e. The summed E-state index contributed by atoms with van der Waals surface area (Å²) in [7, 11) is 0. The van der Waals surface area contributed by atoms with Crippen LogP contribution in [0.3, 0.4) is 0 Å². The minimum Gasteiger partial charge on any atom is -0.309 e. The van der Waals surface area contributed by atoms with E-state index >= 15 is 0 Å². The maximum atomic E-state index is 3.76. The number of benzene rings is 1. The fraction of sp³-hybridized carbons (Fsp3) is 0.647. The molecule has 0 fully saturated rings. The van der Waals surface area contributed by atoms with Gasteiger partial charge in [0.1, 0.15) is 0 Å². The fourth-order valence-corrected chi connectivity index (χ4v) is 4.25. The second kappa shape index (κ2) is 7.96. The zero-order chi connectivity index (χ0) is 13.5. The molecule has 1 aliphatic carbocycles. The molecule has 106 valence electrons. The third kappa shape index (κ3) is 4.00. The molecule has 0 amide bonds. The van der Waals surface area contributed by atoms with E-state index in [4.69, 9.17) is 0 Å². The van der Waals surface area contributed by atoms with Gasteiger partial charge in [0.05, 0.1) is 0 Å². The number of hydrogen-bond acceptors (Lipinski definition) is 2. The lowest BCUT2D eigenvalue weighted by Gasteiger charge is -2.21. The third-order valence-corrected chi connectivity index (χ3v) is 5.27. The maximum Gasteiger partial charge on any atom is 0.0446 e. The Labute approximate surface area is 122 Å². The van der Waals surface area contributed by atoms with E-state index in [0.717, 1.165) is 11.8 Å². The van der Waals surface area contributed by atoms with Crippen molar-refractivity contribution < 1.29 is 0 Å². The highest BCUT2D eigenvalue weighted by Crippen LogP contribution is 2.38. The summed E-state index contributed by atoms with van der Waals surface area (Å²) in [5, 5.41) is 4.49. The first-order valence-electron chi connectivity index (χ1n) is 7.79. The molecule has 1 aromatic carbocycles. The Morgan fingerprint density at radius 3 is 2.79 bits per heavy atom. The van der Waals surface area contributed by atoms with Gasteiger partial charge >= 0.3 is 0 Å². The van der Waals surface area contributed by atoms with Crippen LogP contribution in [0.2, 0.25) is 0 Å². The third-order valence-electron chi connectivity index (χ3n) is 3.88. The number of hydrogen-bond donors (Lipinski definition) is 1. The quantitative estimate of drug-likeness (QED) is 0.698. The van der Waals surface area contributed by atoms with Crippen LogP contribution in [0.5, 0.6) is 0 Å². The van der Waals surface area contributed by atoms with Crippen molar-refractivity contribution in [2.75, 3.05) is 12.3 Å². The summed E-state index contributed by atoms with van der Waals surface area (Å²) in [6.07, 6.45) is 6.53. The molecule has 0 heterocycles. The van der Waals surface area contributed by atoms with Crippen LogP contribution in [0.25, 0.3) is 0 Å². The molecule has 0 saturated carbocycles. The summed E-state index contributed by atoms with van der Waals surface area (Å²) >= 11 is 2.18. The van der Waals surface area contributed by atoms with Crippen LogP contribution in [0.1, 0.15) is 56.7 Å². The predicted octanol–water partition coefficient (Wildman–Crippen LogP) is 4.58. The molecule has 2 heteroatoms. The Bertz CT molecular complexity index is 377. The fourth-order valence-electron chi connectivity index (χ4n) is 2.84. The molecule has 0 aliphatic heterocycles. The number of rotatable bonds is 8. The molecule has 0 radical (unpaired) electrons. The molecule has 1 aromatic rings. The highest BCUT2D eigenvalue weighted by Gasteiger charge is 2.31. The summed E-state index contributed by atoms with van der Waals surface area (Å²) in [6, 6.07) is 9.56. The molecule has 2 rings (SSSR count). The summed E-state index contributed by atoms with van der Waals surface area (Å²) < 4.78 is 0. The second-order valence-electron chi connectivity index (χ2n) is 5.45. The van der Waals surface area contributed by atoms with Crippen molar-refractivity contribution >= 4 is 11.8 Å². The van der Waals surface area contributed by atoms with Crippen molar-refractivity contribution in [3.63, 3.8) is 0 Å². The first-order chi connectivity index (χ1) is 9.36. The molecular weight excluding hydrogens is 250 g/mol. The van der Waals surface area contributed by atoms with Crippen molar-refractivity contribution in [3.8, 4) is 0 Å². The second-order valence-corrected chi connectivity index (χ2v) is 6.80. The molecular formula is C17H27NS. The summed E-state index contributed by atoms with van der Waals surface area (Å²) in [6.45, 7) is 5.66. The van der Waals surface area contributed by atoms with E-state index in [-0.39, 0.29) is 0 Å². The van der Waals surface area contributed by atoms with Crippen LogP contribution in [-0.2, 0) is 6.42 Å². The van der Waals surface area contributed by atoms with E-state index in [0.29, 0.717) is 6.04 Å². The van der Waals surface area contributed by atoms with Gasteiger partial charge in [0.25, 0.3) is 0 Å². The Morgan fingerprint density at radius 1 is 1.16 bits per heavy atom. The van der Waals surface area contributed by atoms with E-state index in [1.165, 1.54) is 37.9 Å². The zero-order valence-electron chi connectivity index (χ0n) is 12.3. The van der Waals surface area contributed by atoms with Crippen LogP contribution in [0.15, 0.2) is 24.3 Å². The monoisotopic (exact) mass is 277 g/mol. The topological polar surface area (TPSA) is 12.0 Å². The molecule has 1 aliphatic rings. The van der Waals surface area contributed by atoms with Gasteiger partial charge in [-0.25, -0.2) is 0 Å². The molecule has 0 spiro atoms. The minimum atomic E-state index is 0.572. The van der Waals surface area contributed by atoms with Crippen LogP contribution in [-0.4, -0.2) is 17.5 Å². The first kappa shape index (κ1) is 14.9. The lowest BCUT2D eigenvalue weighted by Crippen LogP contribution is -2.28. The van der Waals surface area contributed by atoms with Crippen LogP contribution in [0, 0.1) is 0 Å². The van der Waals surface area contributed by atoms with Gasteiger partial charge in [-0.3, -0.25) is 0 Å². The standard InChI is InChI=1S/C17H27NS/c1-3-5-8-12-19-16-13-14-9-6-7-10-15(14)17(16)18-11-4-2/h6-7,9-10,16-18H,3-5,8,11-13H2,1-2H3. The smallest absolute Gasteiger partial charge is 0.0446 e. The lowest BCUT2D eigenvalue weighted by molar-refractivity contribution is 0.538. The van der Waals surface area contributed by atoms with E-state index in [1.54, 1.807) is 11.1 Å². The van der Waals surface area contributed by atoms with E-state index in [2.05, 4.69) is 55.2 Å². The van der Waals surface area contributed by atoms with Gasteiger partial charge in [0.15, 0.2) is 0 Å². The Kier molecular flexibility index (Phi) is 6.25. The van der Waals surface area contributed by atoms with Crippen LogP contribution < -0.4 is 5.32 Å². The minimum absolute atomic E-state index is 0.572. The SMILES string of the molecule is CCCCCSC1Cc2ccccc2C1NCCC. The Balaban J connectivity index is 1.95. The van der Waals surface area contributed by atoms with E-state index in [9.17, 15) is 0 Å². The summed E-state index contributed by atoms with van der Waals surface area (Å²) in [4.78, 5) is 0. The Hall–Kier alpha value is -0.470. The van der Waals surface area contributed by atoms with Crippen molar-refractivity contribution in [1.29, 1.82) is 0 Å². The van der Waals surface area contributed by atoms with E-state index in [1.807, 2.05) is 0 Å². The number of unbranched alkanes of at least 4 members (excludes halogenated alkanes) is 2. The van der Waals surface area contributed by atoms with Gasteiger partial charge in [0.2, 0.25) is 0 Å². The first-order valence-corrected chi connectivity index (χ1v) is 8.84. The maximum absolute atomic E-state index is 3.76. The van der Waals surface area contributed by atoms with Crippen LogP contribution >= 0.6 is 11.8 Å². The highest BCUT2D eigenvalue weighted by molar-refractivity contribution is 7.99.